The largest absolute Gasteiger partial charge is 0.449 e. The highest BCUT2D eigenvalue weighted by atomic mass is 35.5. The third-order valence-electron chi connectivity index (χ3n) is 1.54. The molecule has 8 nitrogen and oxygen atoms in total. The van der Waals surface area contributed by atoms with Gasteiger partial charge in [0, 0.05) is 5.69 Å². The van der Waals surface area contributed by atoms with E-state index in [-0.39, 0.29) is 17.7 Å². The van der Waals surface area contributed by atoms with E-state index in [4.69, 9.17) is 11.6 Å². The number of ether oxygens (including phenoxy) is 1. The van der Waals surface area contributed by atoms with Crippen molar-refractivity contribution in [3.63, 3.8) is 0 Å². The molecule has 1 heterocycles. The molecule has 0 aromatic carbocycles. The lowest BCUT2D eigenvalue weighted by Crippen LogP contribution is -2.36. The second-order valence-electron chi connectivity index (χ2n) is 3.08. The number of nitrogens with zero attached hydrogens (tertiary/aromatic N) is 2. The van der Waals surface area contributed by atoms with Gasteiger partial charge in [0.2, 0.25) is 5.95 Å². The standard InChI is InChI=1S/C8H11ClN4O4S/c1-3-17-8(14)13-18(15,16)12-7-10-5(2)4-6(9)11-7/h4H,3H2,1-2H3,(H,13,14)(H,10,11,12). The number of halogens is 1. The normalized spacial score (nSPS) is 10.8. The van der Waals surface area contributed by atoms with Crippen LogP contribution >= 0.6 is 11.6 Å². The highest BCUT2D eigenvalue weighted by Crippen LogP contribution is 2.10. The van der Waals surface area contributed by atoms with Crippen LogP contribution in [0.25, 0.3) is 0 Å². The van der Waals surface area contributed by atoms with E-state index in [1.165, 1.54) is 6.07 Å². The van der Waals surface area contributed by atoms with Crippen molar-refractivity contribution in [2.75, 3.05) is 11.3 Å². The predicted octanol–water partition coefficient (Wildman–Crippen LogP) is 0.841. The summed E-state index contributed by atoms with van der Waals surface area (Å²) in [4.78, 5) is 18.4. The van der Waals surface area contributed by atoms with Crippen LogP contribution in [-0.2, 0) is 14.9 Å². The van der Waals surface area contributed by atoms with E-state index < -0.39 is 16.3 Å². The zero-order valence-corrected chi connectivity index (χ0v) is 11.2. The van der Waals surface area contributed by atoms with Crippen molar-refractivity contribution in [2.45, 2.75) is 13.8 Å². The Kier molecular flexibility index (Phi) is 4.68. The van der Waals surface area contributed by atoms with Crippen LogP contribution in [0.15, 0.2) is 6.07 Å². The van der Waals surface area contributed by atoms with Crippen molar-refractivity contribution < 1.29 is 17.9 Å². The summed E-state index contributed by atoms with van der Waals surface area (Å²) in [6, 6.07) is 1.46. The molecule has 0 fully saturated rings. The van der Waals surface area contributed by atoms with Gasteiger partial charge in [0.05, 0.1) is 6.61 Å². The first-order chi connectivity index (χ1) is 8.32. The monoisotopic (exact) mass is 294 g/mol. The zero-order chi connectivity index (χ0) is 13.8. The van der Waals surface area contributed by atoms with Crippen LogP contribution in [-0.4, -0.2) is 31.1 Å². The van der Waals surface area contributed by atoms with Gasteiger partial charge < -0.3 is 4.74 Å². The number of carbonyl (C=O) groups is 1. The quantitative estimate of drug-likeness (QED) is 0.796. The van der Waals surface area contributed by atoms with Crippen molar-refractivity contribution in [1.82, 2.24) is 14.7 Å². The summed E-state index contributed by atoms with van der Waals surface area (Å²) in [5.74, 6) is -0.239. The Labute approximate surface area is 109 Å². The first-order valence-corrected chi connectivity index (χ1v) is 6.67. The highest BCUT2D eigenvalue weighted by molar-refractivity contribution is 7.91. The molecular formula is C8H11ClN4O4S. The topological polar surface area (TPSA) is 110 Å². The second-order valence-corrected chi connectivity index (χ2v) is 4.89. The van der Waals surface area contributed by atoms with Crippen LogP contribution in [0.2, 0.25) is 5.15 Å². The Morgan fingerprint density at radius 3 is 2.72 bits per heavy atom. The lowest BCUT2D eigenvalue weighted by Gasteiger charge is -2.08. The molecule has 0 saturated heterocycles. The van der Waals surface area contributed by atoms with Gasteiger partial charge in [0.1, 0.15) is 5.15 Å². The zero-order valence-electron chi connectivity index (χ0n) is 9.60. The minimum Gasteiger partial charge on any atom is -0.449 e. The van der Waals surface area contributed by atoms with Crippen LogP contribution in [0.1, 0.15) is 12.6 Å². The fourth-order valence-corrected chi connectivity index (χ4v) is 1.89. The van der Waals surface area contributed by atoms with E-state index in [0.29, 0.717) is 5.69 Å². The van der Waals surface area contributed by atoms with Crippen molar-refractivity contribution in [1.29, 1.82) is 0 Å². The number of rotatable bonds is 4. The summed E-state index contributed by atoms with van der Waals surface area (Å²) in [5.41, 5.74) is 0.476. The maximum Gasteiger partial charge on any atom is 0.422 e. The molecule has 0 radical (unpaired) electrons. The molecule has 10 heteroatoms. The van der Waals surface area contributed by atoms with Gasteiger partial charge in [-0.3, -0.25) is 0 Å². The summed E-state index contributed by atoms with van der Waals surface area (Å²) in [5, 5.41) is 0.0799. The number of amides is 1. The molecule has 0 aliphatic carbocycles. The van der Waals surface area contributed by atoms with Gasteiger partial charge >= 0.3 is 16.3 Å². The summed E-state index contributed by atoms with van der Waals surface area (Å²) < 4.78 is 30.9. The fraction of sp³-hybridized carbons (Fsp3) is 0.375. The Balaban J connectivity index is 2.79. The van der Waals surface area contributed by atoms with Crippen LogP contribution in [0.3, 0.4) is 0 Å². The van der Waals surface area contributed by atoms with E-state index in [1.54, 1.807) is 18.6 Å². The van der Waals surface area contributed by atoms with Gasteiger partial charge in [-0.05, 0) is 19.9 Å². The third kappa shape index (κ3) is 4.72. The molecule has 0 bridgehead atoms. The molecule has 0 saturated carbocycles. The maximum atomic E-state index is 11.5. The minimum absolute atomic E-state index is 0.0497. The average molecular weight is 295 g/mol. The first kappa shape index (κ1) is 14.5. The Morgan fingerprint density at radius 2 is 2.17 bits per heavy atom. The molecule has 100 valence electrons. The number of nitrogens with one attached hydrogen (secondary N) is 2. The maximum absolute atomic E-state index is 11.5. The van der Waals surface area contributed by atoms with Crippen molar-refractivity contribution in [2.24, 2.45) is 0 Å². The number of aryl methyl sites for hydroxylation is 1. The van der Waals surface area contributed by atoms with E-state index in [0.717, 1.165) is 0 Å². The fourth-order valence-electron chi connectivity index (χ4n) is 0.992. The highest BCUT2D eigenvalue weighted by Gasteiger charge is 2.16. The molecule has 0 aliphatic rings. The van der Waals surface area contributed by atoms with E-state index >= 15 is 0 Å². The third-order valence-corrected chi connectivity index (χ3v) is 2.62. The Hall–Kier alpha value is -1.61. The molecule has 1 amide bonds. The molecule has 0 unspecified atom stereocenters. The molecule has 0 spiro atoms. The second kappa shape index (κ2) is 5.83. The molecular weight excluding hydrogens is 284 g/mol. The number of anilines is 1. The summed E-state index contributed by atoms with van der Waals surface area (Å²) in [6.45, 7) is 3.21. The number of hydrogen-bond acceptors (Lipinski definition) is 6. The van der Waals surface area contributed by atoms with Crippen molar-refractivity contribution >= 4 is 33.9 Å². The Morgan fingerprint density at radius 1 is 1.50 bits per heavy atom. The van der Waals surface area contributed by atoms with Gasteiger partial charge in [-0.1, -0.05) is 11.6 Å². The van der Waals surface area contributed by atoms with Crippen molar-refractivity contribution in [3.8, 4) is 0 Å². The predicted molar refractivity (Wildman–Crippen MR) is 64.5 cm³/mol. The Bertz CT molecular complexity index is 528. The van der Waals surface area contributed by atoms with E-state index in [1.807, 2.05) is 4.72 Å². The van der Waals surface area contributed by atoms with Crippen LogP contribution in [0.5, 0.6) is 0 Å². The molecule has 0 aliphatic heterocycles. The van der Waals surface area contributed by atoms with Gasteiger partial charge in [-0.2, -0.15) is 8.42 Å². The van der Waals surface area contributed by atoms with Gasteiger partial charge in [0.25, 0.3) is 0 Å². The minimum atomic E-state index is -4.15. The van der Waals surface area contributed by atoms with Gasteiger partial charge in [-0.15, -0.1) is 0 Å². The number of aromatic nitrogens is 2. The van der Waals surface area contributed by atoms with Crippen molar-refractivity contribution in [3.05, 3.63) is 16.9 Å². The summed E-state index contributed by atoms with van der Waals surface area (Å²) in [6.07, 6.45) is -1.09. The SMILES string of the molecule is CCOC(=O)NS(=O)(=O)Nc1nc(C)cc(Cl)n1. The lowest BCUT2D eigenvalue weighted by atomic mass is 10.5. The smallest absolute Gasteiger partial charge is 0.422 e. The van der Waals surface area contributed by atoms with E-state index in [2.05, 4.69) is 14.7 Å². The van der Waals surface area contributed by atoms with Crippen LogP contribution in [0.4, 0.5) is 10.7 Å². The average Bonchev–Trinajstić information content (AvgIpc) is 2.13. The van der Waals surface area contributed by atoms with Crippen LogP contribution < -0.4 is 9.44 Å². The van der Waals surface area contributed by atoms with Gasteiger partial charge in [-0.25, -0.2) is 24.2 Å². The summed E-state index contributed by atoms with van der Waals surface area (Å²) in [7, 11) is -4.15. The number of carbonyl (C=O) groups excluding carboxylic acids is 1. The summed E-state index contributed by atoms with van der Waals surface area (Å²) >= 11 is 5.64. The molecule has 0 atom stereocenters. The number of hydrogen-bond donors (Lipinski definition) is 2. The van der Waals surface area contributed by atoms with Crippen LogP contribution in [0, 0.1) is 6.92 Å². The molecule has 1 rings (SSSR count). The molecule has 18 heavy (non-hydrogen) atoms. The molecule has 2 N–H and O–H groups in total. The first-order valence-electron chi connectivity index (χ1n) is 4.81. The van der Waals surface area contributed by atoms with Gasteiger partial charge in [0.15, 0.2) is 0 Å². The van der Waals surface area contributed by atoms with E-state index in [9.17, 15) is 13.2 Å². The lowest BCUT2D eigenvalue weighted by molar-refractivity contribution is 0.159. The molecule has 1 aromatic rings. The molecule has 1 aromatic heterocycles.